The van der Waals surface area contributed by atoms with Crippen LogP contribution >= 0.6 is 0 Å². The Balaban J connectivity index is 2.36. The number of methoxy groups -OCH3 is 2. The fourth-order valence-electron chi connectivity index (χ4n) is 2.48. The van der Waals surface area contributed by atoms with Gasteiger partial charge in [-0.15, -0.1) is 0 Å². The van der Waals surface area contributed by atoms with Crippen LogP contribution in [0.5, 0.6) is 5.75 Å². The van der Waals surface area contributed by atoms with Crippen LogP contribution in [0, 0.1) is 6.92 Å². The molecule has 0 aromatic heterocycles. The maximum absolute atomic E-state index is 12.6. The minimum atomic E-state index is -0.635. The molecule has 1 amide bonds. The van der Waals surface area contributed by atoms with Crippen molar-refractivity contribution in [2.45, 2.75) is 13.8 Å². The number of hydrogen-bond donors (Lipinski definition) is 1. The summed E-state index contributed by atoms with van der Waals surface area (Å²) < 4.78 is 14.9. The molecule has 0 saturated heterocycles. The van der Waals surface area contributed by atoms with Gasteiger partial charge in [-0.1, -0.05) is 0 Å². The van der Waals surface area contributed by atoms with Crippen molar-refractivity contribution in [3.63, 3.8) is 0 Å². The largest absolute Gasteiger partial charge is 0.494 e. The first-order valence-electron chi connectivity index (χ1n) is 8.26. The number of hydrogen-bond acceptors (Lipinski definition) is 6. The lowest BCUT2D eigenvalue weighted by molar-refractivity contribution is 0.0587. The van der Waals surface area contributed by atoms with Crippen molar-refractivity contribution in [3.05, 3.63) is 58.7 Å². The van der Waals surface area contributed by atoms with Gasteiger partial charge in [0.25, 0.3) is 5.91 Å². The predicted molar refractivity (Wildman–Crippen MR) is 99.4 cm³/mol. The van der Waals surface area contributed by atoms with Crippen molar-refractivity contribution in [3.8, 4) is 5.75 Å². The van der Waals surface area contributed by atoms with Gasteiger partial charge in [0.05, 0.1) is 37.6 Å². The molecule has 0 unspecified atom stereocenters. The van der Waals surface area contributed by atoms with Crippen LogP contribution in [0.2, 0.25) is 0 Å². The minimum Gasteiger partial charge on any atom is -0.494 e. The van der Waals surface area contributed by atoms with Gasteiger partial charge in [-0.05, 0) is 55.8 Å². The molecular weight excluding hydrogens is 350 g/mol. The molecule has 0 aliphatic rings. The molecule has 0 bridgehead atoms. The van der Waals surface area contributed by atoms with Crippen LogP contribution in [-0.4, -0.2) is 38.7 Å². The zero-order chi connectivity index (χ0) is 20.0. The number of nitrogens with one attached hydrogen (secondary N) is 1. The lowest BCUT2D eigenvalue weighted by atomic mass is 10.1. The van der Waals surface area contributed by atoms with Gasteiger partial charge in [-0.3, -0.25) is 4.79 Å². The second-order valence-electron chi connectivity index (χ2n) is 5.61. The molecule has 7 heteroatoms. The van der Waals surface area contributed by atoms with Crippen LogP contribution in [0.4, 0.5) is 5.69 Å². The number of amides is 1. The van der Waals surface area contributed by atoms with E-state index in [2.05, 4.69) is 10.1 Å². The highest BCUT2D eigenvalue weighted by Crippen LogP contribution is 2.23. The Kier molecular flexibility index (Phi) is 6.54. The summed E-state index contributed by atoms with van der Waals surface area (Å²) in [6, 6.07) is 9.21. The summed E-state index contributed by atoms with van der Waals surface area (Å²) in [7, 11) is 2.48. The number of benzene rings is 2. The summed E-state index contributed by atoms with van der Waals surface area (Å²) in [5.41, 5.74) is 1.67. The SMILES string of the molecule is CCOc1ccc(C(=O)Nc2cc(C(=O)OC)ccc2C(=O)OC)cc1C. The smallest absolute Gasteiger partial charge is 0.339 e. The van der Waals surface area contributed by atoms with Crippen molar-refractivity contribution in [1.82, 2.24) is 0 Å². The first kappa shape index (κ1) is 20.0. The summed E-state index contributed by atoms with van der Waals surface area (Å²) in [6.45, 7) is 4.23. The van der Waals surface area contributed by atoms with Crippen LogP contribution in [0.3, 0.4) is 0 Å². The molecule has 0 atom stereocenters. The van der Waals surface area contributed by atoms with Crippen molar-refractivity contribution in [2.75, 3.05) is 26.1 Å². The highest BCUT2D eigenvalue weighted by Gasteiger charge is 2.18. The normalized spacial score (nSPS) is 10.1. The molecule has 2 aromatic carbocycles. The highest BCUT2D eigenvalue weighted by atomic mass is 16.5. The number of carbonyl (C=O) groups is 3. The van der Waals surface area contributed by atoms with Gasteiger partial charge in [-0.25, -0.2) is 9.59 Å². The summed E-state index contributed by atoms with van der Waals surface area (Å²) in [6.07, 6.45) is 0. The molecule has 0 radical (unpaired) electrons. The van der Waals surface area contributed by atoms with E-state index in [1.54, 1.807) is 18.2 Å². The Morgan fingerprint density at radius 1 is 0.926 bits per heavy atom. The highest BCUT2D eigenvalue weighted by molar-refractivity contribution is 6.09. The van der Waals surface area contributed by atoms with Crippen LogP contribution in [0.25, 0.3) is 0 Å². The second kappa shape index (κ2) is 8.84. The van der Waals surface area contributed by atoms with E-state index in [1.165, 1.54) is 32.4 Å². The third kappa shape index (κ3) is 4.63. The maximum atomic E-state index is 12.6. The molecule has 0 aliphatic carbocycles. The Morgan fingerprint density at radius 3 is 2.19 bits per heavy atom. The summed E-state index contributed by atoms with van der Waals surface area (Å²) in [4.78, 5) is 36.3. The zero-order valence-electron chi connectivity index (χ0n) is 15.6. The molecule has 2 aromatic rings. The van der Waals surface area contributed by atoms with E-state index in [9.17, 15) is 14.4 Å². The zero-order valence-corrected chi connectivity index (χ0v) is 15.6. The number of esters is 2. The average molecular weight is 371 g/mol. The Bertz CT molecular complexity index is 875. The third-order valence-corrected chi connectivity index (χ3v) is 3.83. The molecule has 0 saturated carbocycles. The maximum Gasteiger partial charge on any atom is 0.339 e. The molecule has 7 nitrogen and oxygen atoms in total. The van der Waals surface area contributed by atoms with E-state index >= 15 is 0 Å². The van der Waals surface area contributed by atoms with Crippen LogP contribution in [0.15, 0.2) is 36.4 Å². The summed E-state index contributed by atoms with van der Waals surface area (Å²) in [5, 5.41) is 2.65. The summed E-state index contributed by atoms with van der Waals surface area (Å²) >= 11 is 0. The Hall–Kier alpha value is -3.35. The topological polar surface area (TPSA) is 90.9 Å². The van der Waals surface area contributed by atoms with Crippen LogP contribution in [-0.2, 0) is 9.47 Å². The van der Waals surface area contributed by atoms with E-state index in [0.717, 1.165) is 5.56 Å². The number of rotatable bonds is 6. The van der Waals surface area contributed by atoms with E-state index in [4.69, 9.17) is 9.47 Å². The molecule has 0 spiro atoms. The van der Waals surface area contributed by atoms with Gasteiger partial charge in [0.1, 0.15) is 5.75 Å². The van der Waals surface area contributed by atoms with Gasteiger partial charge in [0, 0.05) is 5.56 Å². The van der Waals surface area contributed by atoms with Gasteiger partial charge >= 0.3 is 11.9 Å². The van der Waals surface area contributed by atoms with Crippen molar-refractivity contribution in [1.29, 1.82) is 0 Å². The van der Waals surface area contributed by atoms with Gasteiger partial charge in [0.2, 0.25) is 0 Å². The molecule has 1 N–H and O–H groups in total. The first-order valence-corrected chi connectivity index (χ1v) is 8.26. The monoisotopic (exact) mass is 371 g/mol. The molecule has 2 rings (SSSR count). The van der Waals surface area contributed by atoms with Crippen molar-refractivity contribution < 1.29 is 28.6 Å². The van der Waals surface area contributed by atoms with Crippen LogP contribution < -0.4 is 10.1 Å². The molecule has 27 heavy (non-hydrogen) atoms. The summed E-state index contributed by atoms with van der Waals surface area (Å²) in [5.74, 6) is -0.964. The van der Waals surface area contributed by atoms with E-state index in [-0.39, 0.29) is 16.8 Å². The van der Waals surface area contributed by atoms with Crippen molar-refractivity contribution >= 4 is 23.5 Å². The van der Waals surface area contributed by atoms with E-state index < -0.39 is 17.8 Å². The number of anilines is 1. The lowest BCUT2D eigenvalue weighted by Gasteiger charge is -2.13. The van der Waals surface area contributed by atoms with Gasteiger partial charge < -0.3 is 19.5 Å². The number of ether oxygens (including phenoxy) is 3. The molecule has 142 valence electrons. The Morgan fingerprint density at radius 2 is 1.59 bits per heavy atom. The van der Waals surface area contributed by atoms with Crippen molar-refractivity contribution in [2.24, 2.45) is 0 Å². The number of aryl methyl sites for hydroxylation is 1. The first-order chi connectivity index (χ1) is 12.9. The quantitative estimate of drug-likeness (QED) is 0.784. The standard InChI is InChI=1S/C20H21NO6/c1-5-27-17-9-7-13(10-12(17)2)18(22)21-16-11-14(19(23)25-3)6-8-15(16)20(24)26-4/h6-11H,5H2,1-4H3,(H,21,22). The van der Waals surface area contributed by atoms with Gasteiger partial charge in [0.15, 0.2) is 0 Å². The molecular formula is C20H21NO6. The fraction of sp³-hybridized carbons (Fsp3) is 0.250. The Labute approximate surface area is 157 Å². The molecule has 0 aliphatic heterocycles. The predicted octanol–water partition coefficient (Wildman–Crippen LogP) is 3.22. The van der Waals surface area contributed by atoms with E-state index in [1.807, 2.05) is 13.8 Å². The average Bonchev–Trinajstić information content (AvgIpc) is 2.68. The third-order valence-electron chi connectivity index (χ3n) is 3.83. The van der Waals surface area contributed by atoms with E-state index in [0.29, 0.717) is 17.9 Å². The fourth-order valence-corrected chi connectivity index (χ4v) is 2.48. The lowest BCUT2D eigenvalue weighted by Crippen LogP contribution is -2.16. The minimum absolute atomic E-state index is 0.126. The molecule has 0 fully saturated rings. The number of carbonyl (C=O) groups excluding carboxylic acids is 3. The molecule has 0 heterocycles. The second-order valence-corrected chi connectivity index (χ2v) is 5.61. The van der Waals surface area contributed by atoms with Gasteiger partial charge in [-0.2, -0.15) is 0 Å². The van der Waals surface area contributed by atoms with Crippen LogP contribution in [0.1, 0.15) is 43.6 Å².